The largest absolute Gasteiger partial charge is 0.316 e. The number of hydrogen-bond donors (Lipinski definition) is 1. The van der Waals surface area contributed by atoms with Gasteiger partial charge in [-0.3, -0.25) is 4.90 Å². The molecule has 2 heterocycles. The summed E-state index contributed by atoms with van der Waals surface area (Å²) < 4.78 is 0. The van der Waals surface area contributed by atoms with Crippen LogP contribution in [0.2, 0.25) is 0 Å². The molecule has 2 atom stereocenters. The highest BCUT2D eigenvalue weighted by Crippen LogP contribution is 2.42. The second-order valence-electron chi connectivity index (χ2n) is 6.85. The highest BCUT2D eigenvalue weighted by Gasteiger charge is 2.37. The molecule has 0 radical (unpaired) electrons. The highest BCUT2D eigenvalue weighted by molar-refractivity contribution is 7.10. The summed E-state index contributed by atoms with van der Waals surface area (Å²) in [5.74, 6) is 0.883. The fourth-order valence-corrected chi connectivity index (χ4v) is 5.10. The minimum atomic E-state index is 0.736. The quantitative estimate of drug-likeness (QED) is 0.911. The summed E-state index contributed by atoms with van der Waals surface area (Å²) in [6.45, 7) is 3.81. The van der Waals surface area contributed by atoms with Crippen molar-refractivity contribution >= 4 is 11.3 Å². The van der Waals surface area contributed by atoms with E-state index >= 15 is 0 Å². The molecule has 0 bridgehead atoms. The molecular formula is C17H26N2S. The Bertz CT molecular complexity index is 446. The first-order chi connectivity index (χ1) is 9.92. The highest BCUT2D eigenvalue weighted by atomic mass is 32.1. The molecule has 3 heteroatoms. The number of thiophene rings is 1. The van der Waals surface area contributed by atoms with Crippen LogP contribution in [-0.2, 0) is 6.42 Å². The molecule has 2 aliphatic carbocycles. The average molecular weight is 290 g/mol. The van der Waals surface area contributed by atoms with E-state index in [9.17, 15) is 0 Å². The lowest BCUT2D eigenvalue weighted by atomic mass is 9.90. The molecule has 4 rings (SSSR count). The Morgan fingerprint density at radius 2 is 2.15 bits per heavy atom. The minimum absolute atomic E-state index is 0.736. The third kappa shape index (κ3) is 2.68. The van der Waals surface area contributed by atoms with Gasteiger partial charge in [-0.25, -0.2) is 0 Å². The molecule has 0 spiro atoms. The molecule has 1 saturated heterocycles. The summed E-state index contributed by atoms with van der Waals surface area (Å²) in [5, 5.41) is 5.91. The van der Waals surface area contributed by atoms with Crippen LogP contribution in [0.15, 0.2) is 11.4 Å². The van der Waals surface area contributed by atoms with E-state index in [0.29, 0.717) is 0 Å². The second-order valence-corrected chi connectivity index (χ2v) is 7.85. The number of fused-ring (bicyclic) bond motifs is 1. The first-order valence-electron chi connectivity index (χ1n) is 8.44. The zero-order valence-electron chi connectivity index (χ0n) is 12.3. The van der Waals surface area contributed by atoms with Crippen LogP contribution in [0, 0.1) is 5.92 Å². The topological polar surface area (TPSA) is 15.3 Å². The molecule has 2 unspecified atom stereocenters. The maximum atomic E-state index is 3.59. The van der Waals surface area contributed by atoms with Crippen LogP contribution in [0.1, 0.15) is 55.0 Å². The van der Waals surface area contributed by atoms with E-state index in [1.807, 2.05) is 11.3 Å². The van der Waals surface area contributed by atoms with E-state index in [1.54, 1.807) is 10.4 Å². The van der Waals surface area contributed by atoms with E-state index in [4.69, 9.17) is 0 Å². The van der Waals surface area contributed by atoms with Crippen molar-refractivity contribution in [2.45, 2.75) is 57.0 Å². The van der Waals surface area contributed by atoms with E-state index < -0.39 is 0 Å². The lowest BCUT2D eigenvalue weighted by molar-refractivity contribution is 0.132. The molecule has 1 N–H and O–H groups in total. The van der Waals surface area contributed by atoms with Gasteiger partial charge in [0, 0.05) is 23.5 Å². The van der Waals surface area contributed by atoms with Gasteiger partial charge in [0.25, 0.3) is 0 Å². The van der Waals surface area contributed by atoms with Gasteiger partial charge in [0.05, 0.1) is 0 Å². The molecular weight excluding hydrogens is 264 g/mol. The fraction of sp³-hybridized carbons (Fsp3) is 0.765. The van der Waals surface area contributed by atoms with Gasteiger partial charge in [0.2, 0.25) is 0 Å². The zero-order valence-corrected chi connectivity index (χ0v) is 13.1. The van der Waals surface area contributed by atoms with Crippen LogP contribution >= 0.6 is 11.3 Å². The first kappa shape index (κ1) is 13.3. The van der Waals surface area contributed by atoms with Crippen LogP contribution in [0.25, 0.3) is 0 Å². The van der Waals surface area contributed by atoms with Crippen molar-refractivity contribution in [1.82, 2.24) is 10.2 Å². The van der Waals surface area contributed by atoms with Gasteiger partial charge in [-0.1, -0.05) is 0 Å². The Morgan fingerprint density at radius 3 is 2.95 bits per heavy atom. The van der Waals surface area contributed by atoms with Crippen molar-refractivity contribution in [3.8, 4) is 0 Å². The minimum Gasteiger partial charge on any atom is -0.316 e. The van der Waals surface area contributed by atoms with Crippen LogP contribution in [0.5, 0.6) is 0 Å². The number of rotatable bonds is 4. The van der Waals surface area contributed by atoms with Crippen molar-refractivity contribution in [2.24, 2.45) is 5.92 Å². The van der Waals surface area contributed by atoms with Gasteiger partial charge >= 0.3 is 0 Å². The van der Waals surface area contributed by atoms with E-state index in [2.05, 4.69) is 21.7 Å². The fourth-order valence-electron chi connectivity index (χ4n) is 4.12. The molecule has 1 saturated carbocycles. The van der Waals surface area contributed by atoms with Crippen LogP contribution in [0.4, 0.5) is 0 Å². The Hall–Kier alpha value is -0.380. The maximum Gasteiger partial charge on any atom is 0.0362 e. The first-order valence-corrected chi connectivity index (χ1v) is 9.32. The van der Waals surface area contributed by atoms with E-state index in [0.717, 1.165) is 18.0 Å². The summed E-state index contributed by atoms with van der Waals surface area (Å²) in [4.78, 5) is 4.57. The SMILES string of the molecule is c1cc2c(s1)CCCC2N(CC1CCCNC1)C1CC1. The molecule has 1 aromatic heterocycles. The number of nitrogens with one attached hydrogen (secondary N) is 1. The van der Waals surface area contributed by atoms with Crippen molar-refractivity contribution in [2.75, 3.05) is 19.6 Å². The standard InChI is InChI=1S/C17H26N2S/c1-4-16(15-8-10-20-17(15)5-1)19(14-6-7-14)12-13-3-2-9-18-11-13/h8,10,13-14,16,18H,1-7,9,11-12H2. The Labute approximate surface area is 126 Å². The van der Waals surface area contributed by atoms with Crippen LogP contribution < -0.4 is 5.32 Å². The van der Waals surface area contributed by atoms with Crippen molar-refractivity contribution < 1.29 is 0 Å². The Kier molecular flexibility index (Phi) is 3.84. The smallest absolute Gasteiger partial charge is 0.0362 e. The molecule has 0 amide bonds. The number of piperidine rings is 1. The van der Waals surface area contributed by atoms with E-state index in [1.165, 1.54) is 64.6 Å². The molecule has 0 aromatic carbocycles. The normalized spacial score (nSPS) is 30.4. The van der Waals surface area contributed by atoms with Gasteiger partial charge in [-0.15, -0.1) is 11.3 Å². The average Bonchev–Trinajstić information content (AvgIpc) is 3.22. The third-order valence-electron chi connectivity index (χ3n) is 5.30. The van der Waals surface area contributed by atoms with Crippen LogP contribution in [-0.4, -0.2) is 30.6 Å². The lowest BCUT2D eigenvalue weighted by Crippen LogP contribution is -2.41. The predicted molar refractivity (Wildman–Crippen MR) is 85.3 cm³/mol. The molecule has 2 nitrogen and oxygen atoms in total. The summed E-state index contributed by atoms with van der Waals surface area (Å²) in [7, 11) is 0. The molecule has 1 aromatic rings. The zero-order chi connectivity index (χ0) is 13.4. The monoisotopic (exact) mass is 290 g/mol. The predicted octanol–water partition coefficient (Wildman–Crippen LogP) is 3.59. The van der Waals surface area contributed by atoms with Gasteiger partial charge in [0.1, 0.15) is 0 Å². The molecule has 1 aliphatic heterocycles. The number of nitrogens with zero attached hydrogens (tertiary/aromatic N) is 1. The number of hydrogen-bond acceptors (Lipinski definition) is 3. The van der Waals surface area contributed by atoms with Crippen molar-refractivity contribution in [3.05, 3.63) is 21.9 Å². The molecule has 20 heavy (non-hydrogen) atoms. The summed E-state index contributed by atoms with van der Waals surface area (Å²) in [6, 6.07) is 4.05. The molecule has 2 fully saturated rings. The van der Waals surface area contributed by atoms with Gasteiger partial charge in [-0.2, -0.15) is 0 Å². The Morgan fingerprint density at radius 1 is 1.20 bits per heavy atom. The van der Waals surface area contributed by atoms with Crippen molar-refractivity contribution in [1.29, 1.82) is 0 Å². The summed E-state index contributed by atoms with van der Waals surface area (Å²) >= 11 is 1.99. The molecule has 110 valence electrons. The second kappa shape index (κ2) is 5.78. The third-order valence-corrected chi connectivity index (χ3v) is 6.30. The van der Waals surface area contributed by atoms with Gasteiger partial charge in [-0.05, 0) is 81.0 Å². The van der Waals surface area contributed by atoms with E-state index in [-0.39, 0.29) is 0 Å². The van der Waals surface area contributed by atoms with Gasteiger partial charge in [0.15, 0.2) is 0 Å². The lowest BCUT2D eigenvalue weighted by Gasteiger charge is -2.38. The van der Waals surface area contributed by atoms with Crippen LogP contribution in [0.3, 0.4) is 0 Å². The van der Waals surface area contributed by atoms with Gasteiger partial charge < -0.3 is 5.32 Å². The molecule has 3 aliphatic rings. The number of aryl methyl sites for hydroxylation is 1. The van der Waals surface area contributed by atoms with Crippen molar-refractivity contribution in [3.63, 3.8) is 0 Å². The summed E-state index contributed by atoms with van der Waals surface area (Å²) in [6.07, 6.45) is 9.79. The Balaban J connectivity index is 1.51. The maximum absolute atomic E-state index is 3.59. The summed E-state index contributed by atoms with van der Waals surface area (Å²) in [5.41, 5.74) is 1.68.